The molecule has 5 atom stereocenters. The van der Waals surface area contributed by atoms with Crippen LogP contribution >= 0.6 is 0 Å². The number of carbonyl (C=O) groups excluding carboxylic acids is 1. The standard InChI is InChI=1S/C27H46F3N5O4S/c1-32(2)21-3-5-22(6-4-21)40(38,39)34-12-8-19(9-13-34)20-10-14-35-23(15-20)24(25(31-35)27(28,29)30)26(37)33-11-7-18(16-33)17-36/h18-25,31,36H,3-17H2,1-2H3. The molecule has 1 amide bonds. The van der Waals surface area contributed by atoms with E-state index in [1.165, 1.54) is 4.90 Å². The van der Waals surface area contributed by atoms with E-state index in [-0.39, 0.29) is 29.6 Å². The summed E-state index contributed by atoms with van der Waals surface area (Å²) in [5.41, 5.74) is 2.63. The van der Waals surface area contributed by atoms with Crippen molar-refractivity contribution < 1.29 is 31.5 Å². The number of nitrogens with zero attached hydrogens (tertiary/aromatic N) is 4. The summed E-state index contributed by atoms with van der Waals surface area (Å²) in [6, 6.07) is -2.02. The van der Waals surface area contributed by atoms with E-state index < -0.39 is 40.1 Å². The Morgan fingerprint density at radius 3 is 2.17 bits per heavy atom. The lowest BCUT2D eigenvalue weighted by Crippen LogP contribution is -2.50. The van der Waals surface area contributed by atoms with Gasteiger partial charge >= 0.3 is 6.18 Å². The molecule has 0 radical (unpaired) electrons. The van der Waals surface area contributed by atoms with Crippen LogP contribution in [0.4, 0.5) is 13.2 Å². The van der Waals surface area contributed by atoms with Gasteiger partial charge < -0.3 is 14.9 Å². The topological polar surface area (TPSA) is 96.4 Å². The Morgan fingerprint density at radius 1 is 0.950 bits per heavy atom. The van der Waals surface area contributed by atoms with E-state index in [0.29, 0.717) is 77.3 Å². The van der Waals surface area contributed by atoms with E-state index in [1.54, 1.807) is 9.31 Å². The lowest BCUT2D eigenvalue weighted by atomic mass is 9.74. The largest absolute Gasteiger partial charge is 0.406 e. The smallest absolute Gasteiger partial charge is 0.396 e. The zero-order chi connectivity index (χ0) is 28.8. The fourth-order valence-electron chi connectivity index (χ4n) is 8.08. The molecule has 0 aromatic heterocycles. The number of hydrogen-bond donors (Lipinski definition) is 2. The average molecular weight is 594 g/mol. The van der Waals surface area contributed by atoms with Crippen molar-refractivity contribution in [3.63, 3.8) is 0 Å². The molecule has 230 valence electrons. The van der Waals surface area contributed by atoms with E-state index in [9.17, 15) is 31.5 Å². The van der Waals surface area contributed by atoms with Gasteiger partial charge in [0.2, 0.25) is 15.9 Å². The maximum atomic E-state index is 14.1. The van der Waals surface area contributed by atoms with Crippen molar-refractivity contribution in [3.8, 4) is 0 Å². The number of rotatable bonds is 6. The highest BCUT2D eigenvalue weighted by molar-refractivity contribution is 7.89. The van der Waals surface area contributed by atoms with Crippen LogP contribution in [-0.4, -0.2) is 122 Å². The van der Waals surface area contributed by atoms with Gasteiger partial charge in [0, 0.05) is 57.3 Å². The summed E-state index contributed by atoms with van der Waals surface area (Å²) in [6.07, 6.45) is 1.86. The van der Waals surface area contributed by atoms with Gasteiger partial charge in [-0.25, -0.2) is 23.2 Å². The number of aliphatic hydroxyl groups excluding tert-OH is 1. The molecule has 0 aromatic carbocycles. The number of likely N-dealkylation sites (tertiary alicyclic amines) is 1. The van der Waals surface area contributed by atoms with Gasteiger partial charge in [-0.05, 0) is 83.7 Å². The zero-order valence-electron chi connectivity index (χ0n) is 23.7. The van der Waals surface area contributed by atoms with Gasteiger partial charge in [0.05, 0.1) is 11.2 Å². The van der Waals surface area contributed by atoms with E-state index in [0.717, 1.165) is 19.3 Å². The van der Waals surface area contributed by atoms with Gasteiger partial charge in [0.1, 0.15) is 6.04 Å². The molecular formula is C27H46F3N5O4S. The molecule has 4 aliphatic heterocycles. The minimum absolute atomic E-state index is 0.0706. The first-order chi connectivity index (χ1) is 18.9. The van der Waals surface area contributed by atoms with Crippen LogP contribution in [0, 0.1) is 23.7 Å². The predicted molar refractivity (Wildman–Crippen MR) is 144 cm³/mol. The molecule has 1 aliphatic carbocycles. The Labute approximate surface area is 236 Å². The molecule has 4 saturated heterocycles. The van der Waals surface area contributed by atoms with Crippen LogP contribution in [0.5, 0.6) is 0 Å². The van der Waals surface area contributed by atoms with Crippen LogP contribution < -0.4 is 5.43 Å². The van der Waals surface area contributed by atoms with Crippen LogP contribution in [0.15, 0.2) is 0 Å². The predicted octanol–water partition coefficient (Wildman–Crippen LogP) is 1.89. The number of piperidine rings is 2. The molecule has 5 rings (SSSR count). The summed E-state index contributed by atoms with van der Waals surface area (Å²) >= 11 is 0. The molecule has 5 unspecified atom stereocenters. The maximum absolute atomic E-state index is 14.1. The fourth-order valence-corrected chi connectivity index (χ4v) is 10.1. The third-order valence-electron chi connectivity index (χ3n) is 10.6. The Hall–Kier alpha value is -0.990. The van der Waals surface area contributed by atoms with E-state index in [4.69, 9.17) is 0 Å². The highest BCUT2D eigenvalue weighted by atomic mass is 32.2. The third kappa shape index (κ3) is 6.06. The summed E-state index contributed by atoms with van der Waals surface area (Å²) in [4.78, 5) is 17.1. The average Bonchev–Trinajstić information content (AvgIpc) is 3.58. The maximum Gasteiger partial charge on any atom is 0.406 e. The Balaban J connectivity index is 1.21. The minimum Gasteiger partial charge on any atom is -0.396 e. The molecule has 0 spiro atoms. The molecule has 4 heterocycles. The number of carbonyl (C=O) groups is 1. The van der Waals surface area contributed by atoms with Crippen molar-refractivity contribution in [1.82, 2.24) is 24.5 Å². The molecule has 5 aliphatic rings. The number of fused-ring (bicyclic) bond motifs is 1. The van der Waals surface area contributed by atoms with Crippen molar-refractivity contribution in [2.75, 3.05) is 53.4 Å². The molecule has 0 bridgehead atoms. The normalized spacial score (nSPS) is 37.3. The van der Waals surface area contributed by atoms with Crippen molar-refractivity contribution in [2.45, 2.75) is 87.3 Å². The highest BCUT2D eigenvalue weighted by Crippen LogP contribution is 2.44. The molecular weight excluding hydrogens is 547 g/mol. The van der Waals surface area contributed by atoms with Gasteiger partial charge in [-0.1, -0.05) is 0 Å². The summed E-state index contributed by atoms with van der Waals surface area (Å²) in [6.45, 7) is 1.99. The highest BCUT2D eigenvalue weighted by Gasteiger charge is 2.59. The number of hydrazine groups is 1. The van der Waals surface area contributed by atoms with Gasteiger partial charge in [0.15, 0.2) is 0 Å². The SMILES string of the molecule is CN(C)C1CCC(S(=O)(=O)N2CCC(C3CCN4NC(C(F)(F)F)C(C(=O)N5CCC(CO)C5)C4C3)CC2)CC1. The third-order valence-corrected chi connectivity index (χ3v) is 13.0. The summed E-state index contributed by atoms with van der Waals surface area (Å²) < 4.78 is 70.8. The number of alkyl halides is 3. The van der Waals surface area contributed by atoms with Crippen LogP contribution in [0.2, 0.25) is 0 Å². The minimum atomic E-state index is -4.55. The molecule has 5 fully saturated rings. The Bertz CT molecular complexity index is 999. The molecule has 1 saturated carbocycles. The molecule has 0 aromatic rings. The second-order valence-corrected chi connectivity index (χ2v) is 15.2. The van der Waals surface area contributed by atoms with Gasteiger partial charge in [-0.3, -0.25) is 4.79 Å². The quantitative estimate of drug-likeness (QED) is 0.486. The van der Waals surface area contributed by atoms with Crippen molar-refractivity contribution in [1.29, 1.82) is 0 Å². The van der Waals surface area contributed by atoms with Crippen LogP contribution in [0.25, 0.3) is 0 Å². The van der Waals surface area contributed by atoms with Crippen LogP contribution in [0.3, 0.4) is 0 Å². The van der Waals surface area contributed by atoms with E-state index >= 15 is 0 Å². The first-order valence-corrected chi connectivity index (χ1v) is 16.5. The van der Waals surface area contributed by atoms with Crippen LogP contribution in [-0.2, 0) is 14.8 Å². The number of hydrogen-bond acceptors (Lipinski definition) is 7. The number of sulfonamides is 1. The first kappa shape index (κ1) is 30.5. The first-order valence-electron chi connectivity index (χ1n) is 15.0. The number of amides is 1. The molecule has 9 nitrogen and oxygen atoms in total. The van der Waals surface area contributed by atoms with Crippen LogP contribution in [0.1, 0.15) is 57.8 Å². The second-order valence-electron chi connectivity index (χ2n) is 13.0. The van der Waals surface area contributed by atoms with Gasteiger partial charge in [0.25, 0.3) is 0 Å². The molecule has 2 N–H and O–H groups in total. The number of halogens is 3. The molecule has 13 heteroatoms. The lowest BCUT2D eigenvalue weighted by molar-refractivity contribution is -0.172. The lowest BCUT2D eigenvalue weighted by Gasteiger charge is -2.43. The number of aliphatic hydroxyl groups is 1. The van der Waals surface area contributed by atoms with E-state index in [2.05, 4.69) is 10.3 Å². The number of nitrogens with one attached hydrogen (secondary N) is 1. The van der Waals surface area contributed by atoms with Crippen molar-refractivity contribution >= 4 is 15.9 Å². The second kappa shape index (κ2) is 11.9. The summed E-state index contributed by atoms with van der Waals surface area (Å²) in [5, 5.41) is 10.8. The van der Waals surface area contributed by atoms with Gasteiger partial charge in [-0.2, -0.15) is 13.2 Å². The zero-order valence-corrected chi connectivity index (χ0v) is 24.5. The fraction of sp³-hybridized carbons (Fsp3) is 0.963. The monoisotopic (exact) mass is 593 g/mol. The summed E-state index contributed by atoms with van der Waals surface area (Å²) in [7, 11) is 0.718. The Morgan fingerprint density at radius 2 is 1.60 bits per heavy atom. The summed E-state index contributed by atoms with van der Waals surface area (Å²) in [5.74, 6) is -1.36. The molecule has 40 heavy (non-hydrogen) atoms. The Kier molecular flexibility index (Phi) is 9.10. The van der Waals surface area contributed by atoms with Gasteiger partial charge in [-0.15, -0.1) is 0 Å². The van der Waals surface area contributed by atoms with E-state index in [1.807, 2.05) is 14.1 Å². The van der Waals surface area contributed by atoms with Crippen molar-refractivity contribution in [3.05, 3.63) is 0 Å². The van der Waals surface area contributed by atoms with Crippen molar-refractivity contribution in [2.24, 2.45) is 23.7 Å².